The first-order chi connectivity index (χ1) is 17.9. The summed E-state index contributed by atoms with van der Waals surface area (Å²) in [6, 6.07) is 8.14. The quantitative estimate of drug-likeness (QED) is 0.328. The Balaban J connectivity index is 1.46. The third-order valence-corrected chi connectivity index (χ3v) is 8.46. The van der Waals surface area contributed by atoms with Crippen molar-refractivity contribution in [2.24, 2.45) is 11.7 Å². The van der Waals surface area contributed by atoms with Gasteiger partial charge in [-0.25, -0.2) is 0 Å². The van der Waals surface area contributed by atoms with Crippen LogP contribution in [0.5, 0.6) is 0 Å². The van der Waals surface area contributed by atoms with Gasteiger partial charge in [-0.15, -0.1) is 0 Å². The van der Waals surface area contributed by atoms with Crippen LogP contribution in [0.2, 0.25) is 0 Å². The maximum absolute atomic E-state index is 13.8. The van der Waals surface area contributed by atoms with Crippen LogP contribution in [0, 0.1) is 11.3 Å². The third-order valence-electron chi connectivity index (χ3n) is 8.46. The Morgan fingerprint density at radius 1 is 1.03 bits per heavy atom. The highest BCUT2D eigenvalue weighted by atomic mass is 16.2. The number of nitrogens with two attached hydrogens (primary N) is 1. The molecule has 0 radical (unpaired) electrons. The number of hydrogen-bond acceptors (Lipinski definition) is 3. The number of carbonyl (C=O) groups is 2. The van der Waals surface area contributed by atoms with E-state index in [-0.39, 0.29) is 35.7 Å². The first-order valence-electron chi connectivity index (χ1n) is 14.5. The van der Waals surface area contributed by atoms with Crippen molar-refractivity contribution in [1.82, 2.24) is 14.4 Å². The Bertz CT molecular complexity index is 1120. The monoisotopic (exact) mass is 507 g/mol. The zero-order valence-corrected chi connectivity index (χ0v) is 23.0. The second kappa shape index (κ2) is 12.1. The van der Waals surface area contributed by atoms with Gasteiger partial charge in [0.15, 0.2) is 0 Å². The predicted octanol–water partition coefficient (Wildman–Crippen LogP) is 5.08. The van der Waals surface area contributed by atoms with E-state index < -0.39 is 0 Å². The molecule has 3 N–H and O–H groups in total. The van der Waals surface area contributed by atoms with Gasteiger partial charge in [-0.1, -0.05) is 38.8 Å². The molecule has 0 spiro atoms. The summed E-state index contributed by atoms with van der Waals surface area (Å²) in [5, 5.41) is 8.95. The van der Waals surface area contributed by atoms with Crippen molar-refractivity contribution in [2.45, 2.75) is 104 Å². The molecule has 37 heavy (non-hydrogen) atoms. The number of aryl methyl sites for hydroxylation is 2. The molecule has 2 saturated heterocycles. The molecule has 2 amide bonds. The van der Waals surface area contributed by atoms with Crippen molar-refractivity contribution in [3.05, 3.63) is 35.5 Å². The maximum Gasteiger partial charge on any atom is 0.245 e. The summed E-state index contributed by atoms with van der Waals surface area (Å²) in [6.07, 6.45) is 9.43. The highest BCUT2D eigenvalue weighted by Crippen LogP contribution is 2.30. The smallest absolute Gasteiger partial charge is 0.245 e. The molecule has 2 aliphatic heterocycles. The Labute approximate surface area is 221 Å². The van der Waals surface area contributed by atoms with Crippen LogP contribution in [0.1, 0.15) is 89.8 Å². The summed E-state index contributed by atoms with van der Waals surface area (Å²) in [6.45, 7) is 8.79. The van der Waals surface area contributed by atoms with Crippen molar-refractivity contribution >= 4 is 28.6 Å². The molecule has 2 atom stereocenters. The van der Waals surface area contributed by atoms with Gasteiger partial charge in [0.2, 0.25) is 11.8 Å². The number of fused-ring (bicyclic) bond motifs is 1. The summed E-state index contributed by atoms with van der Waals surface area (Å²) in [7, 11) is 0. The lowest BCUT2D eigenvalue weighted by Crippen LogP contribution is -2.50. The van der Waals surface area contributed by atoms with Gasteiger partial charge < -0.3 is 20.1 Å². The molecule has 0 saturated carbocycles. The minimum atomic E-state index is -0.281. The molecule has 7 heteroatoms. The normalized spacial score (nSPS) is 19.9. The van der Waals surface area contributed by atoms with Crippen molar-refractivity contribution < 1.29 is 9.59 Å². The zero-order valence-electron chi connectivity index (χ0n) is 23.0. The number of nitrogen functional groups attached to an aromatic ring is 1. The molecule has 2 aliphatic rings. The topological polar surface area (TPSA) is 95.4 Å². The lowest BCUT2D eigenvalue weighted by atomic mass is 9.96. The van der Waals surface area contributed by atoms with Gasteiger partial charge in [0.05, 0.1) is 0 Å². The van der Waals surface area contributed by atoms with Crippen molar-refractivity contribution in [1.29, 1.82) is 5.41 Å². The molecule has 1 aromatic heterocycles. The minimum Gasteiger partial charge on any atom is -0.384 e. The number of hydrogen-bond donors (Lipinski definition) is 2. The van der Waals surface area contributed by atoms with Crippen molar-refractivity contribution in [3.63, 3.8) is 0 Å². The van der Waals surface area contributed by atoms with Crippen molar-refractivity contribution in [3.8, 4) is 0 Å². The first kappa shape index (κ1) is 27.2. The molecule has 2 fully saturated rings. The lowest BCUT2D eigenvalue weighted by Gasteiger charge is -2.33. The average Bonchev–Trinajstić information content (AvgIpc) is 3.64. The molecule has 202 valence electrons. The molecule has 7 nitrogen and oxygen atoms in total. The van der Waals surface area contributed by atoms with Crippen LogP contribution in [-0.2, 0) is 22.6 Å². The third kappa shape index (κ3) is 5.70. The van der Waals surface area contributed by atoms with Crippen LogP contribution in [0.15, 0.2) is 24.3 Å². The highest BCUT2D eigenvalue weighted by Gasteiger charge is 2.41. The van der Waals surface area contributed by atoms with Crippen molar-refractivity contribution in [2.75, 3.05) is 13.1 Å². The largest absolute Gasteiger partial charge is 0.384 e. The second-order valence-corrected chi connectivity index (χ2v) is 10.9. The predicted molar refractivity (Wildman–Crippen MR) is 150 cm³/mol. The average molecular weight is 508 g/mol. The number of benzene rings is 1. The minimum absolute atomic E-state index is 0.0530. The summed E-state index contributed by atoms with van der Waals surface area (Å²) in [5.41, 5.74) is 8.84. The van der Waals surface area contributed by atoms with E-state index in [2.05, 4.69) is 36.3 Å². The van der Waals surface area contributed by atoms with Gasteiger partial charge in [0, 0.05) is 48.4 Å². The Hall–Kier alpha value is -2.83. The number of amidine groups is 1. The molecule has 0 bridgehead atoms. The molecular formula is C30H45N5O2. The molecule has 2 aromatic rings. The van der Waals surface area contributed by atoms with Crippen LogP contribution in [0.4, 0.5) is 0 Å². The number of likely N-dealkylation sites (tertiary alicyclic amines) is 2. The van der Waals surface area contributed by atoms with Gasteiger partial charge in [-0.3, -0.25) is 15.0 Å². The van der Waals surface area contributed by atoms with E-state index in [4.69, 9.17) is 11.1 Å². The Kier molecular flexibility index (Phi) is 8.93. The molecule has 0 aliphatic carbocycles. The van der Waals surface area contributed by atoms with E-state index in [1.807, 2.05) is 23.1 Å². The lowest BCUT2D eigenvalue weighted by molar-refractivity contribution is -0.146. The van der Waals surface area contributed by atoms with Gasteiger partial charge in [0.25, 0.3) is 0 Å². The van der Waals surface area contributed by atoms with E-state index in [1.165, 1.54) is 5.69 Å². The standard InChI is InChI=1S/C30H45N5O2/c1-4-9-21(10-5-2)29(36)35-18-8-12-26(35)30(37)34-17-7-11-24(34)15-16-25-19-22-13-14-23(28(31)32)20-27(22)33(25)6-3/h13-14,19-21,24,26H,4-12,15-18H2,1-3H3,(H3,31,32). The maximum atomic E-state index is 13.8. The fourth-order valence-electron chi connectivity index (χ4n) is 6.60. The van der Waals surface area contributed by atoms with E-state index >= 15 is 0 Å². The number of amides is 2. The first-order valence-corrected chi connectivity index (χ1v) is 14.5. The molecule has 2 unspecified atom stereocenters. The van der Waals surface area contributed by atoms with Crippen LogP contribution < -0.4 is 5.73 Å². The van der Waals surface area contributed by atoms with Crippen LogP contribution >= 0.6 is 0 Å². The summed E-state index contributed by atoms with van der Waals surface area (Å²) < 4.78 is 2.31. The molecule has 3 heterocycles. The fraction of sp³-hybridized carbons (Fsp3) is 0.633. The van der Waals surface area contributed by atoms with Gasteiger partial charge in [-0.05, 0) is 75.8 Å². The second-order valence-electron chi connectivity index (χ2n) is 10.9. The van der Waals surface area contributed by atoms with Crippen LogP contribution in [-0.4, -0.2) is 57.2 Å². The van der Waals surface area contributed by atoms with E-state index in [0.29, 0.717) is 0 Å². The summed E-state index contributed by atoms with van der Waals surface area (Å²) in [4.78, 5) is 31.2. The number of nitrogens with one attached hydrogen (secondary N) is 1. The Morgan fingerprint density at radius 2 is 1.73 bits per heavy atom. The zero-order chi connectivity index (χ0) is 26.5. The van der Waals surface area contributed by atoms with Gasteiger partial charge >= 0.3 is 0 Å². The number of carbonyl (C=O) groups excluding carboxylic acids is 2. The summed E-state index contributed by atoms with van der Waals surface area (Å²) >= 11 is 0. The van der Waals surface area contributed by atoms with E-state index in [9.17, 15) is 9.59 Å². The highest BCUT2D eigenvalue weighted by molar-refractivity contribution is 5.98. The van der Waals surface area contributed by atoms with Crippen LogP contribution in [0.3, 0.4) is 0 Å². The SMILES string of the molecule is CCCC(CCC)C(=O)N1CCCC1C(=O)N1CCCC1CCc1cc2ccc(C(=N)N)cc2n1CC. The van der Waals surface area contributed by atoms with E-state index in [1.54, 1.807) is 0 Å². The molecular weight excluding hydrogens is 462 g/mol. The molecule has 4 rings (SSSR count). The summed E-state index contributed by atoms with van der Waals surface area (Å²) in [5.74, 6) is 0.509. The van der Waals surface area contributed by atoms with Gasteiger partial charge in [-0.2, -0.15) is 0 Å². The van der Waals surface area contributed by atoms with Gasteiger partial charge in [0.1, 0.15) is 11.9 Å². The number of aromatic nitrogens is 1. The Morgan fingerprint density at radius 3 is 2.41 bits per heavy atom. The van der Waals surface area contributed by atoms with E-state index in [0.717, 1.165) is 100 Å². The number of rotatable bonds is 11. The fourth-order valence-corrected chi connectivity index (χ4v) is 6.60. The molecule has 1 aromatic carbocycles. The van der Waals surface area contributed by atoms with Crippen LogP contribution in [0.25, 0.3) is 10.9 Å². The number of nitrogens with zero attached hydrogens (tertiary/aromatic N) is 3.